The number of carbonyl (C=O) groups excluding carboxylic acids is 5. The number of rotatable bonds is 17. The second-order valence-corrected chi connectivity index (χ2v) is 10.9. The highest BCUT2D eigenvalue weighted by molar-refractivity contribution is 5.95. The summed E-state index contributed by atoms with van der Waals surface area (Å²) >= 11 is 0. The number of nitrogens with one attached hydrogen (secondary N) is 3. The molecule has 0 aliphatic rings. The van der Waals surface area contributed by atoms with Gasteiger partial charge in [-0.15, -0.1) is 0 Å². The van der Waals surface area contributed by atoms with E-state index in [-0.39, 0.29) is 19.6 Å². The third-order valence-electron chi connectivity index (χ3n) is 6.96. The van der Waals surface area contributed by atoms with Crippen molar-refractivity contribution in [1.82, 2.24) is 16.0 Å². The Morgan fingerprint density at radius 3 is 1.83 bits per heavy atom. The van der Waals surface area contributed by atoms with Gasteiger partial charge in [0.2, 0.25) is 17.7 Å². The van der Waals surface area contributed by atoms with E-state index < -0.39 is 60.2 Å². The largest absolute Gasteiger partial charge is 0.489 e. The van der Waals surface area contributed by atoms with Gasteiger partial charge in [0, 0.05) is 0 Å². The predicted octanol–water partition coefficient (Wildman–Crippen LogP) is 2.33. The molecule has 0 radical (unpaired) electrons. The fourth-order valence-corrected chi connectivity index (χ4v) is 4.31. The maximum atomic E-state index is 13.1. The molecule has 0 saturated heterocycles. The molecule has 0 unspecified atom stereocenters. The predicted molar refractivity (Wildman–Crippen MR) is 174 cm³/mol. The number of hydrogen-bond acceptors (Lipinski definition) is 9. The van der Waals surface area contributed by atoms with Crippen LogP contribution in [0.5, 0.6) is 5.75 Å². The zero-order chi connectivity index (χ0) is 34.2. The Hall–Kier alpha value is -5.23. The number of esters is 2. The highest BCUT2D eigenvalue weighted by Crippen LogP contribution is 2.15. The fourth-order valence-electron chi connectivity index (χ4n) is 4.31. The van der Waals surface area contributed by atoms with Crippen LogP contribution < -0.4 is 26.4 Å². The lowest BCUT2D eigenvalue weighted by molar-refractivity contribution is -0.148. The van der Waals surface area contributed by atoms with Crippen molar-refractivity contribution >= 4 is 29.7 Å². The van der Waals surface area contributed by atoms with Crippen molar-refractivity contribution in [3.63, 3.8) is 0 Å². The summed E-state index contributed by atoms with van der Waals surface area (Å²) in [6.45, 7) is 4.96. The van der Waals surface area contributed by atoms with Gasteiger partial charge in [-0.3, -0.25) is 19.2 Å². The van der Waals surface area contributed by atoms with E-state index in [9.17, 15) is 24.0 Å². The number of benzene rings is 3. The quantitative estimate of drug-likeness (QED) is 0.160. The Morgan fingerprint density at radius 1 is 0.660 bits per heavy atom. The Labute approximate surface area is 274 Å². The molecule has 3 rings (SSSR count). The molecule has 0 spiro atoms. The second kappa shape index (κ2) is 18.7. The average molecular weight is 647 g/mol. The molecule has 5 N–H and O–H groups in total. The lowest BCUT2D eigenvalue weighted by Crippen LogP contribution is -2.56. The van der Waals surface area contributed by atoms with Gasteiger partial charge in [-0.2, -0.15) is 0 Å². The third-order valence-corrected chi connectivity index (χ3v) is 6.96. The van der Waals surface area contributed by atoms with Crippen molar-refractivity contribution in [2.24, 2.45) is 5.73 Å². The zero-order valence-corrected chi connectivity index (χ0v) is 26.8. The third kappa shape index (κ3) is 12.6. The van der Waals surface area contributed by atoms with Gasteiger partial charge >= 0.3 is 11.9 Å². The molecule has 3 amide bonds. The first-order valence-corrected chi connectivity index (χ1v) is 15.3. The average Bonchev–Trinajstić information content (AvgIpc) is 3.07. The van der Waals surface area contributed by atoms with Crippen LogP contribution in [0, 0.1) is 0 Å². The summed E-state index contributed by atoms with van der Waals surface area (Å²) in [5.74, 6) is -2.90. The molecular formula is C35H42N4O8. The smallest absolute Gasteiger partial charge is 0.328 e. The molecule has 4 atom stereocenters. The van der Waals surface area contributed by atoms with Gasteiger partial charge in [0.05, 0.1) is 19.1 Å². The van der Waals surface area contributed by atoms with Crippen LogP contribution in [-0.2, 0) is 53.1 Å². The molecule has 47 heavy (non-hydrogen) atoms. The van der Waals surface area contributed by atoms with Gasteiger partial charge in [-0.25, -0.2) is 4.79 Å². The molecule has 3 aromatic rings. The summed E-state index contributed by atoms with van der Waals surface area (Å²) in [4.78, 5) is 63.6. The van der Waals surface area contributed by atoms with Crippen LogP contribution in [0.4, 0.5) is 0 Å². The van der Waals surface area contributed by atoms with Crippen LogP contribution in [0.2, 0.25) is 0 Å². The minimum atomic E-state index is -1.40. The van der Waals surface area contributed by atoms with Gasteiger partial charge in [0.25, 0.3) is 0 Å². The van der Waals surface area contributed by atoms with Crippen LogP contribution in [0.1, 0.15) is 43.9 Å². The van der Waals surface area contributed by atoms with E-state index in [1.165, 1.54) is 13.8 Å². The molecule has 12 heteroatoms. The van der Waals surface area contributed by atoms with Crippen LogP contribution in [0.25, 0.3) is 0 Å². The Morgan fingerprint density at radius 2 is 1.23 bits per heavy atom. The van der Waals surface area contributed by atoms with Gasteiger partial charge in [0.1, 0.15) is 37.1 Å². The fraction of sp³-hybridized carbons (Fsp3) is 0.343. The second-order valence-electron chi connectivity index (χ2n) is 10.9. The first-order valence-electron chi connectivity index (χ1n) is 15.3. The van der Waals surface area contributed by atoms with E-state index in [1.54, 1.807) is 55.5 Å². The SMILES string of the molecule is CCOC(=O)[C@H](C)NC(=O)[C@H](CC(=O)OCc1ccccc1)NC(=O)[C@@H](C)NC(=O)[C@@H](N)Cc1ccc(OCc2ccccc2)cc1. The summed E-state index contributed by atoms with van der Waals surface area (Å²) in [6.07, 6.45) is -0.325. The molecule has 0 fully saturated rings. The normalized spacial score (nSPS) is 13.2. The molecule has 250 valence electrons. The van der Waals surface area contributed by atoms with Crippen molar-refractivity contribution in [2.75, 3.05) is 6.61 Å². The summed E-state index contributed by atoms with van der Waals surface area (Å²) < 4.78 is 16.0. The van der Waals surface area contributed by atoms with Crippen molar-refractivity contribution in [2.45, 2.75) is 71.0 Å². The van der Waals surface area contributed by atoms with E-state index in [4.69, 9.17) is 19.9 Å². The monoisotopic (exact) mass is 646 g/mol. The lowest BCUT2D eigenvalue weighted by Gasteiger charge is -2.23. The minimum absolute atomic E-state index is 0.0328. The molecule has 0 aliphatic carbocycles. The first-order chi connectivity index (χ1) is 22.5. The van der Waals surface area contributed by atoms with Crippen LogP contribution in [0.3, 0.4) is 0 Å². The maximum absolute atomic E-state index is 13.1. The van der Waals surface area contributed by atoms with E-state index in [0.29, 0.717) is 12.4 Å². The summed E-state index contributed by atoms with van der Waals surface area (Å²) in [6, 6.07) is 21.3. The first kappa shape index (κ1) is 36.2. The van der Waals surface area contributed by atoms with Crippen molar-refractivity contribution in [3.8, 4) is 5.75 Å². The Balaban J connectivity index is 1.55. The van der Waals surface area contributed by atoms with Crippen LogP contribution in [0.15, 0.2) is 84.9 Å². The van der Waals surface area contributed by atoms with E-state index in [0.717, 1.165) is 16.7 Å². The Bertz CT molecular complexity index is 1470. The summed E-state index contributed by atoms with van der Waals surface area (Å²) in [5, 5.41) is 7.46. The van der Waals surface area contributed by atoms with Gasteiger partial charge in [-0.05, 0) is 56.0 Å². The topological polar surface area (TPSA) is 175 Å². The van der Waals surface area contributed by atoms with E-state index in [2.05, 4.69) is 16.0 Å². The molecule has 0 aliphatic heterocycles. The molecular weight excluding hydrogens is 604 g/mol. The van der Waals surface area contributed by atoms with E-state index in [1.807, 2.05) is 36.4 Å². The van der Waals surface area contributed by atoms with Crippen LogP contribution in [-0.4, -0.2) is 60.4 Å². The number of carbonyl (C=O) groups is 5. The lowest BCUT2D eigenvalue weighted by atomic mass is 10.1. The van der Waals surface area contributed by atoms with E-state index >= 15 is 0 Å². The van der Waals surface area contributed by atoms with Crippen LogP contribution >= 0.6 is 0 Å². The molecule has 0 aromatic heterocycles. The van der Waals surface area contributed by atoms with Gasteiger partial charge in [-0.1, -0.05) is 72.8 Å². The van der Waals surface area contributed by atoms with Gasteiger partial charge in [0.15, 0.2) is 0 Å². The molecule has 0 bridgehead atoms. The highest BCUT2D eigenvalue weighted by atomic mass is 16.5. The zero-order valence-electron chi connectivity index (χ0n) is 26.8. The van der Waals surface area contributed by atoms with Gasteiger partial charge < -0.3 is 35.9 Å². The standard InChI is InChI=1S/C35H42N4O8/c1-4-45-35(44)24(3)38-34(43)30(20-31(40)47-22-27-13-9-6-10-14-27)39-32(41)23(2)37-33(42)29(36)19-25-15-17-28(18-16-25)46-21-26-11-7-5-8-12-26/h5-18,23-24,29-30H,4,19-22,36H2,1-3H3,(H,37,42)(H,38,43)(H,39,41)/t23-,24+,29+,30+/m1/s1. The molecule has 12 nitrogen and oxygen atoms in total. The summed E-state index contributed by atoms with van der Waals surface area (Å²) in [5.41, 5.74) is 8.70. The minimum Gasteiger partial charge on any atom is -0.489 e. The molecule has 3 aromatic carbocycles. The molecule has 0 heterocycles. The number of ether oxygens (including phenoxy) is 3. The molecule has 0 saturated carbocycles. The Kier molecular flexibility index (Phi) is 14.4. The number of amides is 3. The van der Waals surface area contributed by atoms with Crippen molar-refractivity contribution in [1.29, 1.82) is 0 Å². The maximum Gasteiger partial charge on any atom is 0.328 e. The van der Waals surface area contributed by atoms with Crippen molar-refractivity contribution < 1.29 is 38.2 Å². The van der Waals surface area contributed by atoms with Crippen molar-refractivity contribution in [3.05, 3.63) is 102 Å². The highest BCUT2D eigenvalue weighted by Gasteiger charge is 2.30. The number of nitrogens with two attached hydrogens (primary N) is 1. The summed E-state index contributed by atoms with van der Waals surface area (Å²) in [7, 11) is 0. The number of hydrogen-bond donors (Lipinski definition) is 4.